The van der Waals surface area contributed by atoms with Gasteiger partial charge in [-0.05, 0) is 55.7 Å². The number of aliphatic hydroxyl groups excluding tert-OH is 1. The largest absolute Gasteiger partial charge is 0.491 e. The highest BCUT2D eigenvalue weighted by Crippen LogP contribution is 2.38. The summed E-state index contributed by atoms with van der Waals surface area (Å²) in [6.07, 6.45) is 1.71. The number of thiophene rings is 1. The Bertz CT molecular complexity index is 1570. The average molecular weight is 619 g/mol. The van der Waals surface area contributed by atoms with Crippen LogP contribution in [0, 0.1) is 5.41 Å². The van der Waals surface area contributed by atoms with E-state index in [1.807, 2.05) is 18.2 Å². The number of carbonyl (C=O) groups excluding carboxylic acids is 1. The highest BCUT2D eigenvalue weighted by molar-refractivity contribution is 7.16. The minimum Gasteiger partial charge on any atom is -0.491 e. The van der Waals surface area contributed by atoms with Gasteiger partial charge in [-0.2, -0.15) is 9.78 Å². The molecule has 0 aromatic carbocycles. The third-order valence-corrected chi connectivity index (χ3v) is 8.78. The lowest BCUT2D eigenvalue weighted by atomic mass is 9.94. The maximum Gasteiger partial charge on any atom is 0.262 e. The maximum absolute atomic E-state index is 14.2. The summed E-state index contributed by atoms with van der Waals surface area (Å²) in [4.78, 5) is 31.7. The number of hydrogen-bond donors (Lipinski definition) is 2. The molecule has 1 aliphatic heterocycles. The predicted molar refractivity (Wildman–Crippen MR) is 161 cm³/mol. The lowest BCUT2D eigenvalue weighted by Crippen LogP contribution is -2.40. The molecule has 0 saturated carbocycles. The van der Waals surface area contributed by atoms with Crippen molar-refractivity contribution in [2.75, 3.05) is 50.2 Å². The van der Waals surface area contributed by atoms with Gasteiger partial charge in [-0.25, -0.2) is 4.37 Å². The monoisotopic (exact) mass is 618 g/mol. The Hall–Kier alpha value is -3.23. The van der Waals surface area contributed by atoms with Crippen LogP contribution < -0.4 is 20.5 Å². The Labute approximate surface area is 250 Å². The molecular weight excluding hydrogens is 588 g/mol. The summed E-state index contributed by atoms with van der Waals surface area (Å²) in [6, 6.07) is 9.18. The molecule has 218 valence electrons. The van der Waals surface area contributed by atoms with Crippen molar-refractivity contribution in [3.8, 4) is 17.0 Å². The standard InChI is InChI=1S/C27H31ClN6O5S2/c1-27(2,16-35)26(37)34-24(29-14-17-4-6-20(28)40-17)23(38-3)22(31-34)19-5-7-21(32-10-12-39-13-11-32)33(25(19)36)15-18-8-9-30-41-18/h4-9,29,35H,10-16H2,1-3H3. The number of ether oxygens (including phenoxy) is 2. The number of nitrogens with one attached hydrogen (secondary N) is 1. The zero-order valence-corrected chi connectivity index (χ0v) is 25.3. The van der Waals surface area contributed by atoms with Crippen molar-refractivity contribution in [2.45, 2.75) is 26.9 Å². The van der Waals surface area contributed by atoms with Gasteiger partial charge in [0.05, 0.1) is 55.3 Å². The van der Waals surface area contributed by atoms with Gasteiger partial charge in [0.25, 0.3) is 11.5 Å². The maximum atomic E-state index is 14.2. The van der Waals surface area contributed by atoms with Crippen LogP contribution in [0.2, 0.25) is 4.34 Å². The number of morpholine rings is 1. The number of pyridine rings is 1. The molecule has 14 heteroatoms. The van der Waals surface area contributed by atoms with Gasteiger partial charge in [-0.15, -0.1) is 11.3 Å². The average Bonchev–Trinajstić information content (AvgIpc) is 3.73. The minimum absolute atomic E-state index is 0.220. The number of nitrogens with zero attached hydrogens (tertiary/aromatic N) is 5. The molecule has 0 spiro atoms. The van der Waals surface area contributed by atoms with E-state index in [1.54, 1.807) is 36.7 Å². The summed E-state index contributed by atoms with van der Waals surface area (Å²) >= 11 is 8.85. The predicted octanol–water partition coefficient (Wildman–Crippen LogP) is 4.05. The highest BCUT2D eigenvalue weighted by Gasteiger charge is 2.34. The molecule has 4 aromatic heterocycles. The molecule has 1 saturated heterocycles. The number of aliphatic hydroxyl groups is 1. The second-order valence-electron chi connectivity index (χ2n) is 10.1. The molecule has 41 heavy (non-hydrogen) atoms. The zero-order chi connectivity index (χ0) is 29.1. The molecule has 0 radical (unpaired) electrons. The van der Waals surface area contributed by atoms with Gasteiger partial charge in [-0.3, -0.25) is 14.2 Å². The summed E-state index contributed by atoms with van der Waals surface area (Å²) in [5, 5.41) is 17.8. The molecule has 0 atom stereocenters. The van der Waals surface area contributed by atoms with Crippen LogP contribution in [0.4, 0.5) is 11.6 Å². The van der Waals surface area contributed by atoms with Crippen molar-refractivity contribution in [2.24, 2.45) is 5.41 Å². The number of hydrogen-bond acceptors (Lipinski definition) is 11. The normalized spacial score (nSPS) is 13.9. The summed E-state index contributed by atoms with van der Waals surface area (Å²) in [7, 11) is 1.47. The first-order valence-corrected chi connectivity index (χ1v) is 15.0. The fourth-order valence-electron chi connectivity index (χ4n) is 4.50. The first-order chi connectivity index (χ1) is 19.7. The molecule has 1 aliphatic rings. The molecule has 11 nitrogen and oxygen atoms in total. The molecule has 0 unspecified atom stereocenters. The van der Waals surface area contributed by atoms with E-state index >= 15 is 0 Å². The van der Waals surface area contributed by atoms with Gasteiger partial charge in [0, 0.05) is 29.0 Å². The van der Waals surface area contributed by atoms with Crippen molar-refractivity contribution in [3.63, 3.8) is 0 Å². The van der Waals surface area contributed by atoms with Crippen molar-refractivity contribution < 1.29 is 19.4 Å². The van der Waals surface area contributed by atoms with Crippen molar-refractivity contribution in [3.05, 3.63) is 61.0 Å². The van der Waals surface area contributed by atoms with E-state index in [4.69, 9.17) is 21.1 Å². The van der Waals surface area contributed by atoms with Crippen LogP contribution in [-0.4, -0.2) is 69.8 Å². The second kappa shape index (κ2) is 12.3. The lowest BCUT2D eigenvalue weighted by Gasteiger charge is -2.31. The van der Waals surface area contributed by atoms with E-state index < -0.39 is 11.3 Å². The number of aromatic nitrogens is 4. The van der Waals surface area contributed by atoms with E-state index in [0.29, 0.717) is 43.7 Å². The third-order valence-electron chi connectivity index (χ3n) is 6.82. The lowest BCUT2D eigenvalue weighted by molar-refractivity contribution is 0.0616. The fourth-order valence-corrected chi connectivity index (χ4v) is 6.09. The van der Waals surface area contributed by atoms with Gasteiger partial charge in [0.1, 0.15) is 11.5 Å². The fraction of sp³-hybridized carbons (Fsp3) is 0.407. The number of carbonyl (C=O) groups is 1. The van der Waals surface area contributed by atoms with E-state index in [1.165, 1.54) is 34.7 Å². The second-order valence-corrected chi connectivity index (χ2v) is 12.8. The first-order valence-electron chi connectivity index (χ1n) is 13.0. The molecule has 5 heterocycles. The van der Waals surface area contributed by atoms with Crippen LogP contribution in [-0.2, 0) is 17.8 Å². The smallest absolute Gasteiger partial charge is 0.262 e. The van der Waals surface area contributed by atoms with Crippen LogP contribution in [0.25, 0.3) is 11.3 Å². The van der Waals surface area contributed by atoms with Crippen LogP contribution >= 0.6 is 34.5 Å². The summed E-state index contributed by atoms with van der Waals surface area (Å²) in [6.45, 7) is 6.00. The SMILES string of the molecule is COc1c(-c2ccc(N3CCOCC3)n(Cc3ccns3)c2=O)nn(C(=O)C(C)(C)CO)c1NCc1ccc(Cl)s1. The third kappa shape index (κ3) is 6.04. The van der Waals surface area contributed by atoms with Gasteiger partial charge >= 0.3 is 0 Å². The zero-order valence-electron chi connectivity index (χ0n) is 22.9. The number of halogens is 1. The van der Waals surface area contributed by atoms with Crippen LogP contribution in [0.15, 0.2) is 41.3 Å². The van der Waals surface area contributed by atoms with Gasteiger partial charge in [-0.1, -0.05) is 11.6 Å². The molecule has 0 aliphatic carbocycles. The summed E-state index contributed by atoms with van der Waals surface area (Å²) < 4.78 is 19.0. The molecule has 5 rings (SSSR count). The summed E-state index contributed by atoms with van der Waals surface area (Å²) in [5.74, 6) is 0.838. The molecule has 0 amide bonds. The Morgan fingerprint density at radius 1 is 1.20 bits per heavy atom. The Morgan fingerprint density at radius 2 is 1.98 bits per heavy atom. The van der Waals surface area contributed by atoms with Crippen molar-refractivity contribution >= 4 is 52.0 Å². The van der Waals surface area contributed by atoms with E-state index in [2.05, 4.69) is 19.7 Å². The highest BCUT2D eigenvalue weighted by atomic mass is 35.5. The quantitative estimate of drug-likeness (QED) is 0.271. The summed E-state index contributed by atoms with van der Waals surface area (Å²) in [5.41, 5.74) is -0.920. The van der Waals surface area contributed by atoms with E-state index in [0.717, 1.165) is 15.6 Å². The van der Waals surface area contributed by atoms with Gasteiger partial charge < -0.3 is 24.8 Å². The first kappa shape index (κ1) is 29.3. The molecule has 0 bridgehead atoms. The van der Waals surface area contributed by atoms with Crippen LogP contribution in [0.3, 0.4) is 0 Å². The van der Waals surface area contributed by atoms with Crippen molar-refractivity contribution in [1.82, 2.24) is 18.7 Å². The van der Waals surface area contributed by atoms with E-state index in [9.17, 15) is 14.7 Å². The van der Waals surface area contributed by atoms with Crippen LogP contribution in [0.5, 0.6) is 5.75 Å². The topological polar surface area (TPSA) is 124 Å². The van der Waals surface area contributed by atoms with E-state index in [-0.39, 0.29) is 35.0 Å². The Kier molecular flexibility index (Phi) is 8.80. The Morgan fingerprint density at radius 3 is 2.61 bits per heavy atom. The van der Waals surface area contributed by atoms with Crippen molar-refractivity contribution in [1.29, 1.82) is 0 Å². The number of rotatable bonds is 10. The van der Waals surface area contributed by atoms with Crippen LogP contribution in [0.1, 0.15) is 28.4 Å². The number of methoxy groups -OCH3 is 1. The molecule has 1 fully saturated rings. The van der Waals surface area contributed by atoms with Gasteiger partial charge in [0.2, 0.25) is 0 Å². The molecule has 2 N–H and O–H groups in total. The minimum atomic E-state index is -1.14. The Balaban J connectivity index is 1.64. The molecular formula is C27H31ClN6O5S2. The number of anilines is 2. The van der Waals surface area contributed by atoms with Gasteiger partial charge in [0.15, 0.2) is 11.6 Å². The molecule has 4 aromatic rings.